The van der Waals surface area contributed by atoms with Crippen LogP contribution in [0.2, 0.25) is 0 Å². The summed E-state index contributed by atoms with van der Waals surface area (Å²) in [4.78, 5) is 4.14. The molecule has 1 heterocycles. The fourth-order valence-electron chi connectivity index (χ4n) is 1.02. The highest BCUT2D eigenvalue weighted by Gasteiger charge is 1.95. The fourth-order valence-corrected chi connectivity index (χ4v) is 1.68. The molecule has 12 heavy (non-hydrogen) atoms. The highest BCUT2D eigenvalue weighted by molar-refractivity contribution is 7.16. The molecule has 0 unspecified atom stereocenters. The first-order valence-corrected chi connectivity index (χ1v) is 4.29. The van der Waals surface area contributed by atoms with Crippen LogP contribution in [0, 0.1) is 0 Å². The number of thiazole rings is 1. The Balaban J connectivity index is 2.60. The zero-order valence-electron chi connectivity index (χ0n) is 6.14. The predicted molar refractivity (Wildman–Crippen MR) is 49.0 cm³/mol. The molecule has 0 radical (unpaired) electrons. The second-order valence-electron chi connectivity index (χ2n) is 2.32. The smallest absolute Gasteiger partial charge is 0.0818 e. The maximum atomic E-state index is 8.29. The van der Waals surface area contributed by atoms with Crippen LogP contribution >= 0.6 is 11.3 Å². The monoisotopic (exact) mass is 178 g/mol. The van der Waals surface area contributed by atoms with Crippen LogP contribution in [0.25, 0.3) is 10.2 Å². The minimum Gasteiger partial charge on any atom is -0.411 e. The van der Waals surface area contributed by atoms with E-state index in [2.05, 4.69) is 10.1 Å². The maximum absolute atomic E-state index is 8.29. The number of rotatable bonds is 1. The molecule has 0 spiro atoms. The molecule has 0 saturated carbocycles. The van der Waals surface area contributed by atoms with Gasteiger partial charge in [0.1, 0.15) is 0 Å². The lowest BCUT2D eigenvalue weighted by molar-refractivity contribution is 0.322. The molecule has 0 amide bonds. The molecule has 0 aliphatic carbocycles. The molecule has 0 saturated heterocycles. The molecule has 1 N–H and O–H groups in total. The van der Waals surface area contributed by atoms with Crippen LogP contribution in [0.5, 0.6) is 0 Å². The predicted octanol–water partition coefficient (Wildman–Crippen LogP) is 2.10. The van der Waals surface area contributed by atoms with Crippen molar-refractivity contribution in [1.82, 2.24) is 4.98 Å². The molecule has 0 atom stereocenters. The third-order valence-corrected chi connectivity index (χ3v) is 2.37. The Morgan fingerprint density at radius 3 is 3.25 bits per heavy atom. The van der Waals surface area contributed by atoms with E-state index in [1.54, 1.807) is 16.8 Å². The highest BCUT2D eigenvalue weighted by Crippen LogP contribution is 2.17. The zero-order chi connectivity index (χ0) is 8.39. The summed E-state index contributed by atoms with van der Waals surface area (Å²) in [5.41, 5.74) is 3.60. The van der Waals surface area contributed by atoms with Gasteiger partial charge in [-0.2, -0.15) is 0 Å². The lowest BCUT2D eigenvalue weighted by atomic mass is 10.2. The van der Waals surface area contributed by atoms with Crippen molar-refractivity contribution in [3.63, 3.8) is 0 Å². The molecule has 0 bridgehead atoms. The van der Waals surface area contributed by atoms with Gasteiger partial charge >= 0.3 is 0 Å². The molecule has 2 rings (SSSR count). The van der Waals surface area contributed by atoms with Gasteiger partial charge in [0.2, 0.25) is 0 Å². The van der Waals surface area contributed by atoms with Crippen LogP contribution in [-0.2, 0) is 0 Å². The van der Waals surface area contributed by atoms with Gasteiger partial charge < -0.3 is 5.21 Å². The van der Waals surface area contributed by atoms with Gasteiger partial charge in [-0.25, -0.2) is 4.98 Å². The van der Waals surface area contributed by atoms with E-state index in [-0.39, 0.29) is 0 Å². The summed E-state index contributed by atoms with van der Waals surface area (Å²) < 4.78 is 1.14. The Morgan fingerprint density at radius 2 is 2.42 bits per heavy atom. The SMILES string of the molecule is ON=Cc1ccc2scnc2c1. The van der Waals surface area contributed by atoms with Gasteiger partial charge in [0.25, 0.3) is 0 Å². The van der Waals surface area contributed by atoms with Crippen LogP contribution < -0.4 is 0 Å². The van der Waals surface area contributed by atoms with Crippen molar-refractivity contribution in [3.8, 4) is 0 Å². The summed E-state index contributed by atoms with van der Waals surface area (Å²) in [6, 6.07) is 5.73. The topological polar surface area (TPSA) is 45.5 Å². The van der Waals surface area contributed by atoms with Gasteiger partial charge in [0, 0.05) is 0 Å². The minimum atomic E-state index is 0.857. The number of aromatic nitrogens is 1. The van der Waals surface area contributed by atoms with Gasteiger partial charge in [-0.1, -0.05) is 11.2 Å². The molecule has 0 fully saturated rings. The van der Waals surface area contributed by atoms with Gasteiger partial charge in [0.15, 0.2) is 0 Å². The number of oxime groups is 1. The summed E-state index contributed by atoms with van der Waals surface area (Å²) in [6.45, 7) is 0. The Bertz CT molecular complexity index is 422. The highest BCUT2D eigenvalue weighted by atomic mass is 32.1. The van der Waals surface area contributed by atoms with Crippen molar-refractivity contribution in [3.05, 3.63) is 29.3 Å². The van der Waals surface area contributed by atoms with Crippen LogP contribution in [0.4, 0.5) is 0 Å². The van der Waals surface area contributed by atoms with E-state index in [9.17, 15) is 0 Å². The summed E-state index contributed by atoms with van der Waals surface area (Å²) in [5.74, 6) is 0. The van der Waals surface area contributed by atoms with E-state index in [0.29, 0.717) is 0 Å². The van der Waals surface area contributed by atoms with Crippen molar-refractivity contribution in [2.75, 3.05) is 0 Å². The summed E-state index contributed by atoms with van der Waals surface area (Å²) in [6.07, 6.45) is 1.39. The molecular formula is C8H6N2OS. The lowest BCUT2D eigenvalue weighted by Gasteiger charge is -1.90. The Kier molecular flexibility index (Phi) is 1.75. The minimum absolute atomic E-state index is 0.857. The first-order valence-electron chi connectivity index (χ1n) is 3.41. The van der Waals surface area contributed by atoms with Gasteiger partial charge in [-0.3, -0.25) is 0 Å². The molecule has 2 aromatic rings. The Morgan fingerprint density at radius 1 is 1.50 bits per heavy atom. The van der Waals surface area contributed by atoms with E-state index >= 15 is 0 Å². The standard InChI is InChI=1S/C8H6N2OS/c11-10-4-6-1-2-8-7(3-6)9-5-12-8/h1-5,11H. The molecule has 60 valence electrons. The first-order chi connectivity index (χ1) is 5.90. The van der Waals surface area contributed by atoms with E-state index in [1.807, 2.05) is 18.2 Å². The van der Waals surface area contributed by atoms with Crippen molar-refractivity contribution in [2.45, 2.75) is 0 Å². The van der Waals surface area contributed by atoms with E-state index in [1.165, 1.54) is 6.21 Å². The van der Waals surface area contributed by atoms with Crippen molar-refractivity contribution >= 4 is 27.8 Å². The van der Waals surface area contributed by atoms with E-state index in [0.717, 1.165) is 15.8 Å². The number of hydrogen-bond donors (Lipinski definition) is 1. The van der Waals surface area contributed by atoms with Crippen molar-refractivity contribution in [2.24, 2.45) is 5.16 Å². The second kappa shape index (κ2) is 2.91. The quantitative estimate of drug-likeness (QED) is 0.413. The van der Waals surface area contributed by atoms with Gasteiger partial charge in [-0.05, 0) is 17.7 Å². The maximum Gasteiger partial charge on any atom is 0.0818 e. The molecule has 1 aromatic carbocycles. The molecule has 1 aromatic heterocycles. The number of benzene rings is 1. The molecule has 4 heteroatoms. The lowest BCUT2D eigenvalue weighted by Crippen LogP contribution is -1.79. The zero-order valence-corrected chi connectivity index (χ0v) is 6.95. The fraction of sp³-hybridized carbons (Fsp3) is 0. The van der Waals surface area contributed by atoms with Crippen molar-refractivity contribution < 1.29 is 5.21 Å². The number of nitrogens with zero attached hydrogens (tertiary/aromatic N) is 2. The van der Waals surface area contributed by atoms with E-state index in [4.69, 9.17) is 5.21 Å². The Hall–Kier alpha value is -1.42. The third-order valence-electron chi connectivity index (χ3n) is 1.56. The third kappa shape index (κ3) is 1.16. The van der Waals surface area contributed by atoms with Gasteiger partial charge in [0.05, 0.1) is 21.9 Å². The second-order valence-corrected chi connectivity index (χ2v) is 3.21. The molecular weight excluding hydrogens is 172 g/mol. The molecule has 0 aliphatic rings. The normalized spacial score (nSPS) is 11.3. The number of hydrogen-bond acceptors (Lipinski definition) is 4. The molecule has 0 aliphatic heterocycles. The number of fused-ring (bicyclic) bond motifs is 1. The van der Waals surface area contributed by atoms with Crippen molar-refractivity contribution in [1.29, 1.82) is 0 Å². The Labute approximate surface area is 73.0 Å². The average Bonchev–Trinajstić information content (AvgIpc) is 2.51. The van der Waals surface area contributed by atoms with Crippen LogP contribution in [-0.4, -0.2) is 16.4 Å². The summed E-state index contributed by atoms with van der Waals surface area (Å²) >= 11 is 1.60. The van der Waals surface area contributed by atoms with Crippen LogP contribution in [0.3, 0.4) is 0 Å². The largest absolute Gasteiger partial charge is 0.411 e. The summed E-state index contributed by atoms with van der Waals surface area (Å²) in [5, 5.41) is 11.2. The van der Waals surface area contributed by atoms with E-state index < -0.39 is 0 Å². The average molecular weight is 178 g/mol. The molecule has 3 nitrogen and oxygen atoms in total. The van der Waals surface area contributed by atoms with Crippen LogP contribution in [0.1, 0.15) is 5.56 Å². The summed E-state index contributed by atoms with van der Waals surface area (Å²) in [7, 11) is 0. The van der Waals surface area contributed by atoms with Gasteiger partial charge in [-0.15, -0.1) is 11.3 Å². The first kappa shape index (κ1) is 7.24. The van der Waals surface area contributed by atoms with Crippen LogP contribution in [0.15, 0.2) is 28.9 Å².